The summed E-state index contributed by atoms with van der Waals surface area (Å²) >= 11 is 6.16. The second kappa shape index (κ2) is 10.8. The number of hydrogen-bond donors (Lipinski definition) is 0. The fourth-order valence-electron chi connectivity index (χ4n) is 6.25. The van der Waals surface area contributed by atoms with Gasteiger partial charge in [0.05, 0.1) is 40.9 Å². The first-order chi connectivity index (χ1) is 20.5. The molecule has 1 atom stereocenters. The van der Waals surface area contributed by atoms with E-state index in [1.165, 1.54) is 12.1 Å². The number of allylic oxidation sites excluding steroid dienone is 1. The maximum absolute atomic E-state index is 14.7. The lowest BCUT2D eigenvalue weighted by molar-refractivity contribution is 0.100. The molecule has 2 aromatic carbocycles. The van der Waals surface area contributed by atoms with Gasteiger partial charge in [-0.15, -0.1) is 0 Å². The van der Waals surface area contributed by atoms with Gasteiger partial charge >= 0.3 is 6.09 Å². The molecule has 1 spiro atoms. The van der Waals surface area contributed by atoms with Gasteiger partial charge in [-0.3, -0.25) is 9.98 Å². The summed E-state index contributed by atoms with van der Waals surface area (Å²) < 4.78 is 20.3. The number of amides is 1. The molecule has 1 amide bonds. The van der Waals surface area contributed by atoms with Crippen molar-refractivity contribution in [3.05, 3.63) is 107 Å². The number of carbonyl (C=O) groups excluding carboxylic acids is 1. The average Bonchev–Trinajstić information content (AvgIpc) is 3.78. The molecule has 212 valence electrons. The predicted molar refractivity (Wildman–Crippen MR) is 162 cm³/mol. The number of halogens is 2. The highest BCUT2D eigenvalue weighted by atomic mass is 35.5. The van der Waals surface area contributed by atoms with Crippen LogP contribution in [0.25, 0.3) is 16.6 Å². The number of rotatable bonds is 5. The number of fused-ring (bicyclic) bond motifs is 1. The zero-order chi connectivity index (χ0) is 28.7. The summed E-state index contributed by atoms with van der Waals surface area (Å²) in [5.74, 6) is -0.367. The van der Waals surface area contributed by atoms with E-state index in [0.717, 1.165) is 59.5 Å². The number of benzene rings is 2. The molecule has 7 rings (SSSR count). The van der Waals surface area contributed by atoms with Crippen molar-refractivity contribution in [2.75, 3.05) is 37.6 Å². The fourth-order valence-corrected chi connectivity index (χ4v) is 6.43. The quantitative estimate of drug-likeness (QED) is 0.267. The zero-order valence-electron chi connectivity index (χ0n) is 23.0. The van der Waals surface area contributed by atoms with E-state index < -0.39 is 0 Å². The Labute approximate surface area is 248 Å². The van der Waals surface area contributed by atoms with Gasteiger partial charge in [-0.2, -0.15) is 0 Å². The van der Waals surface area contributed by atoms with Gasteiger partial charge in [-0.1, -0.05) is 48.0 Å². The summed E-state index contributed by atoms with van der Waals surface area (Å²) in [6, 6.07) is 20.2. The fraction of sp³-hybridized carbons (Fsp3) is 0.273. The van der Waals surface area contributed by atoms with E-state index in [9.17, 15) is 9.18 Å². The summed E-state index contributed by atoms with van der Waals surface area (Å²) in [6.07, 6.45) is 5.55. The summed E-state index contributed by atoms with van der Waals surface area (Å²) in [4.78, 5) is 31.1. The van der Waals surface area contributed by atoms with Gasteiger partial charge in [-0.25, -0.2) is 14.2 Å². The van der Waals surface area contributed by atoms with E-state index in [-0.39, 0.29) is 23.9 Å². The first-order valence-corrected chi connectivity index (χ1v) is 14.5. The molecule has 2 saturated heterocycles. The Morgan fingerprint density at radius 1 is 1.00 bits per heavy atom. The molecule has 7 nitrogen and oxygen atoms in total. The molecule has 5 heterocycles. The molecular formula is C33H29ClFN5O2. The van der Waals surface area contributed by atoms with Crippen LogP contribution in [0.3, 0.4) is 0 Å². The van der Waals surface area contributed by atoms with Crippen molar-refractivity contribution < 1.29 is 13.9 Å². The number of likely N-dealkylation sites (tertiary alicyclic amines) is 1. The van der Waals surface area contributed by atoms with Crippen molar-refractivity contribution in [2.45, 2.75) is 19.4 Å². The van der Waals surface area contributed by atoms with Crippen LogP contribution in [-0.4, -0.2) is 59.4 Å². The third kappa shape index (κ3) is 5.11. The van der Waals surface area contributed by atoms with Crippen molar-refractivity contribution in [1.29, 1.82) is 0 Å². The summed E-state index contributed by atoms with van der Waals surface area (Å²) in [5, 5.41) is 0.457. The van der Waals surface area contributed by atoms with Crippen molar-refractivity contribution in [3.63, 3.8) is 0 Å². The average molecular weight is 582 g/mol. The maximum atomic E-state index is 14.7. The van der Waals surface area contributed by atoms with Crippen molar-refractivity contribution in [3.8, 4) is 0 Å². The normalized spacial score (nSPS) is 20.0. The standard InChI is InChI=1S/C33H29ClFN5O2/c34-23-6-7-27(35)26(16-23)31-25(10-13-36-31)28-8-9-29-30(38-28)17-24(18-37-29)39-14-11-33(20-39)12-15-40(21-33)32(41)42-19-22-4-2-1-3-5-22/h1-10,16-18H,11-15,19-21H2. The van der Waals surface area contributed by atoms with Gasteiger partial charge in [0.25, 0.3) is 0 Å². The number of anilines is 1. The van der Waals surface area contributed by atoms with Crippen LogP contribution in [0.5, 0.6) is 0 Å². The molecule has 3 aliphatic heterocycles. The Morgan fingerprint density at radius 3 is 2.74 bits per heavy atom. The Bertz CT molecular complexity index is 1740. The van der Waals surface area contributed by atoms with E-state index >= 15 is 0 Å². The number of hydrogen-bond acceptors (Lipinski definition) is 6. The third-order valence-corrected chi connectivity index (χ3v) is 8.72. The van der Waals surface area contributed by atoms with Crippen LogP contribution in [0.15, 0.2) is 84.0 Å². The monoisotopic (exact) mass is 581 g/mol. The van der Waals surface area contributed by atoms with Crippen LogP contribution >= 0.6 is 11.6 Å². The van der Waals surface area contributed by atoms with Crippen molar-refractivity contribution in [2.24, 2.45) is 10.4 Å². The molecule has 2 aromatic heterocycles. The zero-order valence-corrected chi connectivity index (χ0v) is 23.7. The highest BCUT2D eigenvalue weighted by Crippen LogP contribution is 2.41. The van der Waals surface area contributed by atoms with E-state index in [4.69, 9.17) is 26.3 Å². The van der Waals surface area contributed by atoms with Crippen LogP contribution in [0.4, 0.5) is 14.9 Å². The molecule has 3 aliphatic rings. The van der Waals surface area contributed by atoms with Crippen LogP contribution in [0.1, 0.15) is 29.7 Å². The lowest BCUT2D eigenvalue weighted by atomic mass is 9.86. The Balaban J connectivity index is 1.06. The number of carbonyl (C=O) groups is 1. The Kier molecular flexibility index (Phi) is 6.86. The first kappa shape index (κ1) is 26.6. The van der Waals surface area contributed by atoms with Crippen LogP contribution in [-0.2, 0) is 11.3 Å². The van der Waals surface area contributed by atoms with Crippen LogP contribution in [0.2, 0.25) is 5.02 Å². The number of pyridine rings is 2. The predicted octanol–water partition coefficient (Wildman–Crippen LogP) is 6.55. The van der Waals surface area contributed by atoms with Crippen LogP contribution in [0, 0.1) is 11.2 Å². The SMILES string of the molecule is O=C(OCc1ccccc1)N1CCC2(CCN(c3cnc4ccc(C5=CCN=C5c5cc(Cl)ccc5F)nc4c3)C2)C1. The van der Waals surface area contributed by atoms with E-state index in [0.29, 0.717) is 35.9 Å². The number of aromatic nitrogens is 2. The molecular weight excluding hydrogens is 553 g/mol. The number of nitrogens with zero attached hydrogens (tertiary/aromatic N) is 5. The van der Waals surface area contributed by atoms with Gasteiger partial charge in [0, 0.05) is 47.8 Å². The molecule has 42 heavy (non-hydrogen) atoms. The summed E-state index contributed by atoms with van der Waals surface area (Å²) in [5.41, 5.74) is 6.01. The van der Waals surface area contributed by atoms with Crippen LogP contribution < -0.4 is 4.90 Å². The molecule has 9 heteroatoms. The minimum absolute atomic E-state index is 0.0387. The van der Waals surface area contributed by atoms with Crippen molar-refractivity contribution in [1.82, 2.24) is 14.9 Å². The summed E-state index contributed by atoms with van der Waals surface area (Å²) in [7, 11) is 0. The molecule has 2 fully saturated rings. The first-order valence-electron chi connectivity index (χ1n) is 14.1. The van der Waals surface area contributed by atoms with Gasteiger partial charge in [0.15, 0.2) is 0 Å². The van der Waals surface area contributed by atoms with E-state index in [2.05, 4.69) is 16.0 Å². The molecule has 4 aromatic rings. The lowest BCUT2D eigenvalue weighted by Gasteiger charge is -2.25. The second-order valence-corrected chi connectivity index (χ2v) is 11.7. The lowest BCUT2D eigenvalue weighted by Crippen LogP contribution is -2.34. The van der Waals surface area contributed by atoms with Gasteiger partial charge in [-0.05, 0) is 54.8 Å². The summed E-state index contributed by atoms with van der Waals surface area (Å²) in [6.45, 7) is 3.87. The molecule has 0 N–H and O–H groups in total. The Morgan fingerprint density at radius 2 is 1.86 bits per heavy atom. The molecule has 1 unspecified atom stereocenters. The molecule has 0 bridgehead atoms. The number of ether oxygens (including phenoxy) is 1. The molecule has 0 radical (unpaired) electrons. The van der Waals surface area contributed by atoms with Crippen molar-refractivity contribution >= 4 is 45.7 Å². The van der Waals surface area contributed by atoms with Gasteiger partial charge in [0.2, 0.25) is 0 Å². The topological polar surface area (TPSA) is 70.9 Å². The smallest absolute Gasteiger partial charge is 0.410 e. The minimum Gasteiger partial charge on any atom is -0.445 e. The third-order valence-electron chi connectivity index (χ3n) is 8.49. The second-order valence-electron chi connectivity index (χ2n) is 11.2. The van der Waals surface area contributed by atoms with E-state index in [1.807, 2.05) is 59.6 Å². The van der Waals surface area contributed by atoms with Gasteiger partial charge < -0.3 is 14.5 Å². The maximum Gasteiger partial charge on any atom is 0.410 e. The van der Waals surface area contributed by atoms with E-state index in [1.54, 1.807) is 6.07 Å². The minimum atomic E-state index is -0.367. The largest absolute Gasteiger partial charge is 0.445 e. The van der Waals surface area contributed by atoms with Gasteiger partial charge in [0.1, 0.15) is 12.4 Å². The Hall–Kier alpha value is -4.30. The highest BCUT2D eigenvalue weighted by molar-refractivity contribution is 6.35. The number of aliphatic imine (C=N–C) groups is 1. The highest BCUT2D eigenvalue weighted by Gasteiger charge is 2.45. The molecule has 0 aliphatic carbocycles. The molecule has 0 saturated carbocycles.